The number of nitrogens with one attached hydrogen (secondary N) is 2. The third-order valence-corrected chi connectivity index (χ3v) is 2.42. The number of amides is 2. The van der Waals surface area contributed by atoms with Crippen LogP contribution in [0.5, 0.6) is 0 Å². The van der Waals surface area contributed by atoms with Crippen LogP contribution in [0.1, 0.15) is 33.6 Å². The third kappa shape index (κ3) is 8.98. The van der Waals surface area contributed by atoms with E-state index in [2.05, 4.69) is 15.5 Å². The minimum Gasteiger partial charge on any atom is -0.356 e. The molecule has 0 spiro atoms. The molecule has 2 amide bonds. The van der Waals surface area contributed by atoms with Crippen LogP contribution in [0, 0.1) is 5.41 Å². The van der Waals surface area contributed by atoms with E-state index in [0.717, 1.165) is 13.0 Å². The van der Waals surface area contributed by atoms with Crippen molar-refractivity contribution in [1.82, 2.24) is 15.5 Å². The van der Waals surface area contributed by atoms with E-state index in [9.17, 15) is 9.59 Å². The predicted octanol–water partition coefficient (Wildman–Crippen LogP) is 0.607. The van der Waals surface area contributed by atoms with Crippen molar-refractivity contribution in [2.45, 2.75) is 33.6 Å². The van der Waals surface area contributed by atoms with E-state index in [-0.39, 0.29) is 11.8 Å². The first-order valence-electron chi connectivity index (χ1n) is 6.43. The summed E-state index contributed by atoms with van der Waals surface area (Å²) in [6.45, 7) is 7.60. The van der Waals surface area contributed by atoms with Crippen LogP contribution in [-0.2, 0) is 9.59 Å². The summed E-state index contributed by atoms with van der Waals surface area (Å²) in [5, 5.41) is 5.59. The van der Waals surface area contributed by atoms with Crippen LogP contribution in [0.4, 0.5) is 0 Å². The van der Waals surface area contributed by atoms with Gasteiger partial charge in [-0.3, -0.25) is 9.59 Å². The summed E-state index contributed by atoms with van der Waals surface area (Å²) in [5.41, 5.74) is -0.401. The Kier molecular flexibility index (Phi) is 7.59. The van der Waals surface area contributed by atoms with Gasteiger partial charge in [-0.15, -0.1) is 0 Å². The molecule has 0 aliphatic rings. The maximum absolute atomic E-state index is 11.5. The van der Waals surface area contributed by atoms with Crippen molar-refractivity contribution >= 4 is 11.8 Å². The summed E-state index contributed by atoms with van der Waals surface area (Å²) in [6, 6.07) is 0. The van der Waals surface area contributed by atoms with Crippen LogP contribution < -0.4 is 10.6 Å². The quantitative estimate of drug-likeness (QED) is 0.657. The Morgan fingerprint density at radius 1 is 1.06 bits per heavy atom. The van der Waals surface area contributed by atoms with E-state index < -0.39 is 5.41 Å². The van der Waals surface area contributed by atoms with Crippen molar-refractivity contribution in [2.75, 3.05) is 33.7 Å². The molecule has 0 unspecified atom stereocenters. The van der Waals surface area contributed by atoms with Crippen molar-refractivity contribution in [3.05, 3.63) is 0 Å². The highest BCUT2D eigenvalue weighted by molar-refractivity contribution is 5.82. The number of carbonyl (C=O) groups is 2. The Balaban J connectivity index is 3.57. The largest absolute Gasteiger partial charge is 0.356 e. The molecular formula is C13H27N3O2. The number of nitrogens with zero attached hydrogens (tertiary/aromatic N) is 1. The fourth-order valence-corrected chi connectivity index (χ4v) is 1.27. The predicted molar refractivity (Wildman–Crippen MR) is 73.3 cm³/mol. The number of hydrogen-bond acceptors (Lipinski definition) is 3. The molecule has 0 aromatic carbocycles. The van der Waals surface area contributed by atoms with Gasteiger partial charge in [0.2, 0.25) is 11.8 Å². The molecule has 18 heavy (non-hydrogen) atoms. The van der Waals surface area contributed by atoms with Gasteiger partial charge in [0.1, 0.15) is 0 Å². The maximum atomic E-state index is 11.5. The summed E-state index contributed by atoms with van der Waals surface area (Å²) < 4.78 is 0. The summed E-state index contributed by atoms with van der Waals surface area (Å²) >= 11 is 0. The van der Waals surface area contributed by atoms with Crippen molar-refractivity contribution in [3.8, 4) is 0 Å². The smallest absolute Gasteiger partial charge is 0.225 e. The molecule has 0 heterocycles. The summed E-state index contributed by atoms with van der Waals surface area (Å²) in [7, 11) is 4.01. The Morgan fingerprint density at radius 2 is 1.67 bits per heavy atom. The Hall–Kier alpha value is -1.10. The molecule has 5 heteroatoms. The van der Waals surface area contributed by atoms with Gasteiger partial charge in [-0.05, 0) is 27.1 Å². The van der Waals surface area contributed by atoms with E-state index in [4.69, 9.17) is 0 Å². The molecule has 106 valence electrons. The van der Waals surface area contributed by atoms with E-state index in [0.29, 0.717) is 19.5 Å². The molecule has 0 fully saturated rings. The van der Waals surface area contributed by atoms with Crippen LogP contribution in [0.2, 0.25) is 0 Å². The van der Waals surface area contributed by atoms with Gasteiger partial charge in [0, 0.05) is 24.9 Å². The van der Waals surface area contributed by atoms with E-state index >= 15 is 0 Å². The van der Waals surface area contributed by atoms with Gasteiger partial charge < -0.3 is 15.5 Å². The zero-order valence-corrected chi connectivity index (χ0v) is 12.3. The van der Waals surface area contributed by atoms with E-state index in [1.807, 2.05) is 34.9 Å². The van der Waals surface area contributed by atoms with Crippen LogP contribution in [0.25, 0.3) is 0 Å². The zero-order chi connectivity index (χ0) is 14.2. The van der Waals surface area contributed by atoms with Gasteiger partial charge in [-0.2, -0.15) is 0 Å². The topological polar surface area (TPSA) is 61.4 Å². The Bertz CT molecular complexity index is 270. The lowest BCUT2D eigenvalue weighted by atomic mass is 9.96. The number of rotatable bonds is 7. The van der Waals surface area contributed by atoms with Gasteiger partial charge in [0.25, 0.3) is 0 Å². The van der Waals surface area contributed by atoms with Crippen LogP contribution in [0.15, 0.2) is 0 Å². The third-order valence-electron chi connectivity index (χ3n) is 2.42. The molecule has 0 radical (unpaired) electrons. The molecule has 0 atom stereocenters. The van der Waals surface area contributed by atoms with Gasteiger partial charge in [-0.25, -0.2) is 0 Å². The highest BCUT2D eigenvalue weighted by atomic mass is 16.2. The van der Waals surface area contributed by atoms with Crippen molar-refractivity contribution < 1.29 is 9.59 Å². The molecule has 0 aromatic rings. The average molecular weight is 257 g/mol. The molecule has 5 nitrogen and oxygen atoms in total. The minimum atomic E-state index is -0.401. The van der Waals surface area contributed by atoms with Crippen molar-refractivity contribution in [3.63, 3.8) is 0 Å². The zero-order valence-electron chi connectivity index (χ0n) is 12.3. The first-order chi connectivity index (χ1) is 8.23. The van der Waals surface area contributed by atoms with Gasteiger partial charge in [-0.1, -0.05) is 20.8 Å². The second-order valence-corrected chi connectivity index (χ2v) is 5.76. The summed E-state index contributed by atoms with van der Waals surface area (Å²) in [6.07, 6.45) is 1.27. The average Bonchev–Trinajstić information content (AvgIpc) is 2.22. The lowest BCUT2D eigenvalue weighted by Crippen LogP contribution is -2.37. The van der Waals surface area contributed by atoms with Crippen LogP contribution >= 0.6 is 0 Å². The summed E-state index contributed by atoms with van der Waals surface area (Å²) in [4.78, 5) is 25.1. The number of hydrogen-bond donors (Lipinski definition) is 2. The lowest BCUT2D eigenvalue weighted by molar-refractivity contribution is -0.128. The van der Waals surface area contributed by atoms with Gasteiger partial charge in [0.05, 0.1) is 0 Å². The van der Waals surface area contributed by atoms with E-state index in [1.54, 1.807) is 0 Å². The fraction of sp³-hybridized carbons (Fsp3) is 0.846. The molecule has 0 aliphatic heterocycles. The van der Waals surface area contributed by atoms with Crippen molar-refractivity contribution in [1.29, 1.82) is 0 Å². The molecule has 0 aromatic heterocycles. The van der Waals surface area contributed by atoms with Crippen molar-refractivity contribution in [2.24, 2.45) is 5.41 Å². The molecule has 0 bridgehead atoms. The standard InChI is InChI=1S/C13H27N3O2/c1-13(2,3)12(18)15-9-7-11(17)14-8-6-10-16(4)5/h6-10H2,1-5H3,(H,14,17)(H,15,18). The molecule has 0 aliphatic carbocycles. The molecule has 0 saturated heterocycles. The highest BCUT2D eigenvalue weighted by Gasteiger charge is 2.20. The van der Waals surface area contributed by atoms with E-state index in [1.165, 1.54) is 0 Å². The summed E-state index contributed by atoms with van der Waals surface area (Å²) in [5.74, 6) is -0.0362. The minimum absolute atomic E-state index is 0.0111. The second kappa shape index (κ2) is 8.08. The molecule has 0 rings (SSSR count). The Labute approximate surface area is 110 Å². The Morgan fingerprint density at radius 3 is 2.17 bits per heavy atom. The van der Waals surface area contributed by atoms with Gasteiger partial charge in [0.15, 0.2) is 0 Å². The monoisotopic (exact) mass is 257 g/mol. The van der Waals surface area contributed by atoms with Crippen LogP contribution in [-0.4, -0.2) is 50.4 Å². The normalized spacial score (nSPS) is 11.4. The molecule has 0 saturated carbocycles. The second-order valence-electron chi connectivity index (χ2n) is 5.76. The molecular weight excluding hydrogens is 230 g/mol. The molecule has 2 N–H and O–H groups in total. The maximum Gasteiger partial charge on any atom is 0.225 e. The highest BCUT2D eigenvalue weighted by Crippen LogP contribution is 2.11. The first-order valence-corrected chi connectivity index (χ1v) is 6.43. The lowest BCUT2D eigenvalue weighted by Gasteiger charge is -2.17. The van der Waals surface area contributed by atoms with Crippen LogP contribution in [0.3, 0.4) is 0 Å². The SMILES string of the molecule is CN(C)CCCNC(=O)CCNC(=O)C(C)(C)C. The van der Waals surface area contributed by atoms with Gasteiger partial charge >= 0.3 is 0 Å². The number of carbonyl (C=O) groups excluding carboxylic acids is 2. The first kappa shape index (κ1) is 16.9. The fourth-order valence-electron chi connectivity index (χ4n) is 1.27.